The molecule has 0 radical (unpaired) electrons. The van der Waals surface area contributed by atoms with Crippen LogP contribution in [0.5, 0.6) is 0 Å². The van der Waals surface area contributed by atoms with Gasteiger partial charge in [0.2, 0.25) is 5.91 Å². The van der Waals surface area contributed by atoms with Crippen molar-refractivity contribution in [2.75, 3.05) is 11.7 Å². The summed E-state index contributed by atoms with van der Waals surface area (Å²) in [4.78, 5) is 16.9. The third-order valence-corrected chi connectivity index (χ3v) is 6.03. The molecule has 8 heteroatoms. The molecule has 0 atom stereocenters. The molecule has 178 valence electrons. The molecule has 0 spiro atoms. The lowest BCUT2D eigenvalue weighted by atomic mass is 9.95. The van der Waals surface area contributed by atoms with Crippen molar-refractivity contribution < 1.29 is 4.79 Å². The van der Waals surface area contributed by atoms with Gasteiger partial charge in [-0.05, 0) is 43.2 Å². The first-order valence-electron chi connectivity index (χ1n) is 11.4. The van der Waals surface area contributed by atoms with Crippen molar-refractivity contribution in [1.29, 1.82) is 0 Å². The van der Waals surface area contributed by atoms with E-state index in [1.165, 1.54) is 5.56 Å². The van der Waals surface area contributed by atoms with Crippen LogP contribution in [-0.4, -0.2) is 28.2 Å². The SMILES string of the molecule is Cc1cc(C)n(Cc2ccc(C3=NCN(c4cc(CNC(=O)C(C)(C)C)ccc4Cl)N3)cc2)n1. The molecule has 34 heavy (non-hydrogen) atoms. The molecule has 2 aromatic carbocycles. The van der Waals surface area contributed by atoms with Gasteiger partial charge < -0.3 is 5.32 Å². The Kier molecular flexibility index (Phi) is 6.66. The number of anilines is 1. The molecule has 3 aromatic rings. The predicted molar refractivity (Wildman–Crippen MR) is 137 cm³/mol. The van der Waals surface area contributed by atoms with E-state index in [1.807, 2.05) is 55.6 Å². The molecular formula is C26H31ClN6O. The van der Waals surface area contributed by atoms with Crippen molar-refractivity contribution in [1.82, 2.24) is 20.5 Å². The number of benzene rings is 2. The second kappa shape index (κ2) is 9.50. The molecule has 2 N–H and O–H groups in total. The average molecular weight is 479 g/mol. The van der Waals surface area contributed by atoms with Crippen molar-refractivity contribution in [3.05, 3.63) is 81.6 Å². The summed E-state index contributed by atoms with van der Waals surface area (Å²) < 4.78 is 2.01. The van der Waals surface area contributed by atoms with Crippen LogP contribution < -0.4 is 15.8 Å². The number of aliphatic imine (C=N–C) groups is 1. The first kappa shape index (κ1) is 23.8. The summed E-state index contributed by atoms with van der Waals surface area (Å²) in [6.07, 6.45) is 0. The lowest BCUT2D eigenvalue weighted by Crippen LogP contribution is -2.37. The standard InChI is InChI=1S/C26H31ClN6O/c1-17-12-18(2)32(30-17)15-19-6-9-21(10-7-19)24-29-16-33(31-24)23-13-20(8-11-22(23)27)14-28-25(34)26(3,4)5/h6-13H,14-16H2,1-5H3,(H,28,34)(H,29,31). The van der Waals surface area contributed by atoms with Gasteiger partial charge in [0.1, 0.15) is 12.5 Å². The Morgan fingerprint density at radius 2 is 1.79 bits per heavy atom. The number of hydrogen-bond acceptors (Lipinski definition) is 5. The molecule has 7 nitrogen and oxygen atoms in total. The maximum atomic E-state index is 12.2. The summed E-state index contributed by atoms with van der Waals surface area (Å²) in [5.74, 6) is 0.801. The normalized spacial score (nSPS) is 13.6. The number of amidine groups is 1. The van der Waals surface area contributed by atoms with Gasteiger partial charge in [-0.2, -0.15) is 5.10 Å². The molecule has 0 unspecified atom stereocenters. The monoisotopic (exact) mass is 478 g/mol. The van der Waals surface area contributed by atoms with Crippen LogP contribution in [0.2, 0.25) is 5.02 Å². The Labute approximate surface area is 205 Å². The van der Waals surface area contributed by atoms with Gasteiger partial charge in [-0.1, -0.05) is 62.7 Å². The van der Waals surface area contributed by atoms with E-state index < -0.39 is 5.41 Å². The summed E-state index contributed by atoms with van der Waals surface area (Å²) in [6, 6.07) is 16.2. The Morgan fingerprint density at radius 3 is 2.44 bits per heavy atom. The van der Waals surface area contributed by atoms with E-state index in [1.54, 1.807) is 0 Å². The fourth-order valence-electron chi connectivity index (χ4n) is 3.73. The van der Waals surface area contributed by atoms with E-state index in [0.717, 1.165) is 40.6 Å². The first-order chi connectivity index (χ1) is 16.1. The van der Waals surface area contributed by atoms with Crippen LogP contribution in [0.3, 0.4) is 0 Å². The van der Waals surface area contributed by atoms with E-state index in [9.17, 15) is 4.79 Å². The molecule has 1 aliphatic heterocycles. The third-order valence-electron chi connectivity index (χ3n) is 5.71. The molecule has 0 aliphatic carbocycles. The summed E-state index contributed by atoms with van der Waals surface area (Å²) >= 11 is 6.49. The molecular weight excluding hydrogens is 448 g/mol. The highest BCUT2D eigenvalue weighted by atomic mass is 35.5. The Balaban J connectivity index is 1.41. The molecule has 1 aliphatic rings. The van der Waals surface area contributed by atoms with Crippen molar-refractivity contribution in [3.8, 4) is 0 Å². The van der Waals surface area contributed by atoms with Crippen LogP contribution in [0.4, 0.5) is 5.69 Å². The van der Waals surface area contributed by atoms with Crippen molar-refractivity contribution in [2.45, 2.75) is 47.7 Å². The summed E-state index contributed by atoms with van der Waals surface area (Å²) in [7, 11) is 0. The highest BCUT2D eigenvalue weighted by Crippen LogP contribution is 2.28. The van der Waals surface area contributed by atoms with Crippen LogP contribution in [-0.2, 0) is 17.9 Å². The minimum absolute atomic E-state index is 0.00946. The van der Waals surface area contributed by atoms with Gasteiger partial charge in [-0.3, -0.25) is 19.9 Å². The van der Waals surface area contributed by atoms with E-state index in [4.69, 9.17) is 11.6 Å². The zero-order valence-corrected chi connectivity index (χ0v) is 21.1. The molecule has 1 amide bonds. The summed E-state index contributed by atoms with van der Waals surface area (Å²) in [6.45, 7) is 11.4. The Morgan fingerprint density at radius 1 is 1.09 bits per heavy atom. The maximum Gasteiger partial charge on any atom is 0.225 e. The predicted octanol–water partition coefficient (Wildman–Crippen LogP) is 4.59. The van der Waals surface area contributed by atoms with Crippen LogP contribution in [0.15, 0.2) is 53.5 Å². The van der Waals surface area contributed by atoms with Gasteiger partial charge in [0.25, 0.3) is 0 Å². The lowest BCUT2D eigenvalue weighted by molar-refractivity contribution is -0.128. The summed E-state index contributed by atoms with van der Waals surface area (Å²) in [5, 5.41) is 10.1. The summed E-state index contributed by atoms with van der Waals surface area (Å²) in [5.41, 5.74) is 9.08. The molecule has 2 heterocycles. The highest BCUT2D eigenvalue weighted by Gasteiger charge is 2.22. The van der Waals surface area contributed by atoms with Crippen LogP contribution in [0, 0.1) is 19.3 Å². The molecule has 0 fully saturated rings. The minimum atomic E-state index is -0.430. The van der Waals surface area contributed by atoms with Crippen molar-refractivity contribution >= 4 is 29.0 Å². The van der Waals surface area contributed by atoms with Gasteiger partial charge in [0, 0.05) is 23.2 Å². The number of rotatable bonds is 6. The lowest BCUT2D eigenvalue weighted by Gasteiger charge is -2.21. The average Bonchev–Trinajstić information content (AvgIpc) is 3.39. The molecule has 4 rings (SSSR count). The zero-order valence-electron chi connectivity index (χ0n) is 20.3. The number of carbonyl (C=O) groups excluding carboxylic acids is 1. The second-order valence-corrected chi connectivity index (χ2v) is 10.1. The van der Waals surface area contributed by atoms with Gasteiger partial charge in [-0.15, -0.1) is 0 Å². The molecule has 0 bridgehead atoms. The minimum Gasteiger partial charge on any atom is -0.352 e. The smallest absolute Gasteiger partial charge is 0.225 e. The maximum absolute atomic E-state index is 12.2. The quantitative estimate of drug-likeness (QED) is 0.543. The molecule has 0 saturated heterocycles. The topological polar surface area (TPSA) is 74.6 Å². The van der Waals surface area contributed by atoms with Gasteiger partial charge in [-0.25, -0.2) is 4.99 Å². The van der Waals surface area contributed by atoms with E-state index in [-0.39, 0.29) is 5.91 Å². The number of aromatic nitrogens is 2. The zero-order chi connectivity index (χ0) is 24.5. The number of hydrazine groups is 1. The number of nitrogens with zero attached hydrogens (tertiary/aromatic N) is 4. The van der Waals surface area contributed by atoms with Gasteiger partial charge in [0.15, 0.2) is 0 Å². The Bertz CT molecular complexity index is 1220. The number of hydrogen-bond donors (Lipinski definition) is 2. The van der Waals surface area contributed by atoms with E-state index >= 15 is 0 Å². The van der Waals surface area contributed by atoms with Crippen molar-refractivity contribution in [3.63, 3.8) is 0 Å². The highest BCUT2D eigenvalue weighted by molar-refractivity contribution is 6.33. The second-order valence-electron chi connectivity index (χ2n) is 9.69. The van der Waals surface area contributed by atoms with Crippen LogP contribution >= 0.6 is 11.6 Å². The fourth-order valence-corrected chi connectivity index (χ4v) is 3.95. The number of nitrogens with one attached hydrogen (secondary N) is 2. The number of aryl methyl sites for hydroxylation is 2. The van der Waals surface area contributed by atoms with E-state index in [2.05, 4.69) is 58.1 Å². The largest absolute Gasteiger partial charge is 0.352 e. The number of carbonyl (C=O) groups is 1. The number of halogens is 1. The number of amides is 1. The van der Waals surface area contributed by atoms with Crippen LogP contribution in [0.25, 0.3) is 0 Å². The third kappa shape index (κ3) is 5.42. The fraction of sp³-hybridized carbons (Fsp3) is 0.346. The first-order valence-corrected chi connectivity index (χ1v) is 11.7. The van der Waals surface area contributed by atoms with E-state index in [0.29, 0.717) is 18.2 Å². The molecule has 1 aromatic heterocycles. The van der Waals surface area contributed by atoms with Crippen molar-refractivity contribution in [2.24, 2.45) is 10.4 Å². The van der Waals surface area contributed by atoms with Gasteiger partial charge in [0.05, 0.1) is 22.9 Å². The molecule has 0 saturated carbocycles. The Hall–Kier alpha value is -3.32. The van der Waals surface area contributed by atoms with Gasteiger partial charge >= 0.3 is 0 Å². The van der Waals surface area contributed by atoms with Crippen LogP contribution in [0.1, 0.15) is 48.8 Å².